The average Bonchev–Trinajstić information content (AvgIpc) is 2.67. The lowest BCUT2D eigenvalue weighted by molar-refractivity contribution is 0.225. The molecule has 1 heterocycles. The molecule has 0 aromatic heterocycles. The molecule has 1 aromatic carbocycles. The average molecular weight is 362 g/mol. The lowest BCUT2D eigenvalue weighted by atomic mass is 10.1. The number of aliphatic imine (C=N–C) groups is 1. The first-order valence-corrected chi connectivity index (χ1v) is 8.85. The van der Waals surface area contributed by atoms with E-state index in [1.54, 1.807) is 19.2 Å². The van der Waals surface area contributed by atoms with Crippen LogP contribution in [0.1, 0.15) is 18.4 Å². The molecule has 0 spiro atoms. The van der Waals surface area contributed by atoms with E-state index in [4.69, 9.17) is 9.47 Å². The van der Waals surface area contributed by atoms with Gasteiger partial charge in [0.1, 0.15) is 0 Å². The largest absolute Gasteiger partial charge is 0.502 e. The highest BCUT2D eigenvalue weighted by molar-refractivity contribution is 5.80. The predicted octanol–water partition coefficient (Wildman–Crippen LogP) is 1.72. The van der Waals surface area contributed by atoms with E-state index in [9.17, 15) is 5.11 Å². The van der Waals surface area contributed by atoms with Gasteiger partial charge in [-0.25, -0.2) is 0 Å². The van der Waals surface area contributed by atoms with E-state index in [1.807, 2.05) is 6.08 Å². The molecule has 1 fully saturated rings. The normalized spacial score (nSPS) is 16.2. The summed E-state index contributed by atoms with van der Waals surface area (Å²) in [5, 5.41) is 16.8. The molecule has 0 radical (unpaired) electrons. The van der Waals surface area contributed by atoms with Crippen LogP contribution < -0.4 is 20.1 Å². The zero-order valence-electron chi connectivity index (χ0n) is 15.9. The fourth-order valence-corrected chi connectivity index (χ4v) is 3.07. The van der Waals surface area contributed by atoms with Crippen LogP contribution in [-0.4, -0.2) is 62.9 Å². The Morgan fingerprint density at radius 3 is 2.42 bits per heavy atom. The van der Waals surface area contributed by atoms with Crippen LogP contribution in [0.2, 0.25) is 0 Å². The van der Waals surface area contributed by atoms with Gasteiger partial charge in [0.05, 0.1) is 14.2 Å². The number of rotatable bonds is 7. The zero-order chi connectivity index (χ0) is 18.9. The maximum atomic E-state index is 10.00. The monoisotopic (exact) mass is 362 g/mol. The molecule has 0 atom stereocenters. The van der Waals surface area contributed by atoms with E-state index in [0.717, 1.165) is 44.0 Å². The molecule has 1 aliphatic rings. The SMILES string of the molecule is C=CCN1CCC(NC(=NC)NCc2cc(OC)c(O)c(OC)c2)CC1. The summed E-state index contributed by atoms with van der Waals surface area (Å²) in [6.45, 7) is 7.42. The number of methoxy groups -OCH3 is 2. The van der Waals surface area contributed by atoms with Crippen LogP contribution in [0.4, 0.5) is 0 Å². The Morgan fingerprint density at radius 2 is 1.92 bits per heavy atom. The van der Waals surface area contributed by atoms with Crippen LogP contribution in [0.3, 0.4) is 0 Å². The molecular weight excluding hydrogens is 332 g/mol. The van der Waals surface area contributed by atoms with Crippen LogP contribution in [-0.2, 0) is 6.54 Å². The van der Waals surface area contributed by atoms with E-state index in [0.29, 0.717) is 24.1 Å². The van der Waals surface area contributed by atoms with Gasteiger partial charge in [0.2, 0.25) is 5.75 Å². The molecule has 26 heavy (non-hydrogen) atoms. The van der Waals surface area contributed by atoms with E-state index in [2.05, 4.69) is 27.1 Å². The second kappa shape index (κ2) is 9.91. The molecule has 1 aliphatic heterocycles. The molecule has 0 saturated carbocycles. The summed E-state index contributed by atoms with van der Waals surface area (Å²) < 4.78 is 10.4. The smallest absolute Gasteiger partial charge is 0.200 e. The van der Waals surface area contributed by atoms with Gasteiger partial charge in [-0.3, -0.25) is 9.89 Å². The molecule has 0 aliphatic carbocycles. The predicted molar refractivity (Wildman–Crippen MR) is 104 cm³/mol. The molecule has 0 amide bonds. The molecule has 7 nitrogen and oxygen atoms in total. The second-order valence-corrected chi connectivity index (χ2v) is 6.28. The number of piperidine rings is 1. The minimum absolute atomic E-state index is 0.00698. The molecule has 144 valence electrons. The Morgan fingerprint density at radius 1 is 1.31 bits per heavy atom. The van der Waals surface area contributed by atoms with Crippen LogP contribution in [0, 0.1) is 0 Å². The fraction of sp³-hybridized carbons (Fsp3) is 0.526. The van der Waals surface area contributed by atoms with Gasteiger partial charge in [-0.05, 0) is 30.5 Å². The topological polar surface area (TPSA) is 78.4 Å². The molecule has 7 heteroatoms. The third-order valence-electron chi connectivity index (χ3n) is 4.54. The molecule has 2 rings (SSSR count). The summed E-state index contributed by atoms with van der Waals surface area (Å²) in [5.41, 5.74) is 0.931. The first kappa shape index (κ1) is 19.9. The quantitative estimate of drug-likeness (QED) is 0.389. The van der Waals surface area contributed by atoms with Gasteiger partial charge in [-0.1, -0.05) is 6.08 Å². The summed E-state index contributed by atoms with van der Waals surface area (Å²) in [6, 6.07) is 3.98. The maximum Gasteiger partial charge on any atom is 0.200 e. The molecular formula is C19H30N4O3. The van der Waals surface area contributed by atoms with Gasteiger partial charge in [-0.2, -0.15) is 0 Å². The third-order valence-corrected chi connectivity index (χ3v) is 4.54. The molecule has 1 saturated heterocycles. The number of phenols is 1. The number of ether oxygens (including phenoxy) is 2. The Kier molecular flexibility index (Phi) is 7.59. The van der Waals surface area contributed by atoms with Crippen molar-refractivity contribution in [2.75, 3.05) is 40.9 Å². The Hall–Kier alpha value is -2.41. The van der Waals surface area contributed by atoms with Crippen LogP contribution >= 0.6 is 0 Å². The number of hydrogen-bond donors (Lipinski definition) is 3. The van der Waals surface area contributed by atoms with Crippen molar-refractivity contribution in [2.24, 2.45) is 4.99 Å². The molecule has 0 unspecified atom stereocenters. The number of nitrogens with one attached hydrogen (secondary N) is 2. The standard InChI is InChI=1S/C19H30N4O3/c1-5-8-23-9-6-15(7-10-23)22-19(20-2)21-13-14-11-16(25-3)18(24)17(12-14)26-4/h5,11-12,15,24H,1,6-10,13H2,2-4H3,(H2,20,21,22). The Balaban J connectivity index is 1.90. The highest BCUT2D eigenvalue weighted by Gasteiger charge is 2.19. The van der Waals surface area contributed by atoms with Gasteiger partial charge < -0.3 is 25.2 Å². The maximum absolute atomic E-state index is 10.00. The number of benzene rings is 1. The van der Waals surface area contributed by atoms with E-state index < -0.39 is 0 Å². The summed E-state index contributed by atoms with van der Waals surface area (Å²) in [7, 11) is 4.80. The summed E-state index contributed by atoms with van der Waals surface area (Å²) >= 11 is 0. The van der Waals surface area contributed by atoms with Crippen molar-refractivity contribution in [3.8, 4) is 17.2 Å². The highest BCUT2D eigenvalue weighted by atomic mass is 16.5. The van der Waals surface area contributed by atoms with Gasteiger partial charge in [0, 0.05) is 39.3 Å². The molecule has 1 aromatic rings. The number of likely N-dealkylation sites (tertiary alicyclic amines) is 1. The van der Waals surface area contributed by atoms with Gasteiger partial charge in [0.15, 0.2) is 17.5 Å². The van der Waals surface area contributed by atoms with Crippen molar-refractivity contribution in [2.45, 2.75) is 25.4 Å². The van der Waals surface area contributed by atoms with Gasteiger partial charge >= 0.3 is 0 Å². The van der Waals surface area contributed by atoms with E-state index >= 15 is 0 Å². The van der Waals surface area contributed by atoms with E-state index in [-0.39, 0.29) is 5.75 Å². The Labute approximate surface area is 155 Å². The number of aromatic hydroxyl groups is 1. The fourth-order valence-electron chi connectivity index (χ4n) is 3.07. The first-order valence-electron chi connectivity index (χ1n) is 8.85. The minimum atomic E-state index is 0.00698. The van der Waals surface area contributed by atoms with E-state index in [1.165, 1.54) is 14.2 Å². The number of nitrogens with zero attached hydrogens (tertiary/aromatic N) is 2. The van der Waals surface area contributed by atoms with Crippen molar-refractivity contribution in [3.63, 3.8) is 0 Å². The number of hydrogen-bond acceptors (Lipinski definition) is 5. The number of guanidine groups is 1. The third kappa shape index (κ3) is 5.29. The lowest BCUT2D eigenvalue weighted by Gasteiger charge is -2.32. The minimum Gasteiger partial charge on any atom is -0.502 e. The van der Waals surface area contributed by atoms with Gasteiger partial charge in [-0.15, -0.1) is 6.58 Å². The van der Waals surface area contributed by atoms with Crippen LogP contribution in [0.15, 0.2) is 29.8 Å². The number of phenolic OH excluding ortho intramolecular Hbond substituents is 1. The van der Waals surface area contributed by atoms with Crippen LogP contribution in [0.5, 0.6) is 17.2 Å². The summed E-state index contributed by atoms with van der Waals surface area (Å²) in [4.78, 5) is 6.71. The summed E-state index contributed by atoms with van der Waals surface area (Å²) in [6.07, 6.45) is 4.11. The molecule has 3 N–H and O–H groups in total. The lowest BCUT2D eigenvalue weighted by Crippen LogP contribution is -2.48. The van der Waals surface area contributed by atoms with Crippen molar-refractivity contribution in [1.82, 2.24) is 15.5 Å². The second-order valence-electron chi connectivity index (χ2n) is 6.28. The van der Waals surface area contributed by atoms with Gasteiger partial charge in [0.25, 0.3) is 0 Å². The molecule has 0 bridgehead atoms. The van der Waals surface area contributed by atoms with Crippen molar-refractivity contribution >= 4 is 5.96 Å². The first-order chi connectivity index (χ1) is 12.6. The van der Waals surface area contributed by atoms with Crippen molar-refractivity contribution in [1.29, 1.82) is 0 Å². The summed E-state index contributed by atoms with van der Waals surface area (Å²) in [5.74, 6) is 1.54. The van der Waals surface area contributed by atoms with Crippen molar-refractivity contribution in [3.05, 3.63) is 30.4 Å². The highest BCUT2D eigenvalue weighted by Crippen LogP contribution is 2.36. The van der Waals surface area contributed by atoms with Crippen LogP contribution in [0.25, 0.3) is 0 Å². The van der Waals surface area contributed by atoms with Crippen molar-refractivity contribution < 1.29 is 14.6 Å². The zero-order valence-corrected chi connectivity index (χ0v) is 15.9. The Bertz CT molecular complexity index is 600.